The molecule has 2 amide bonds. The Bertz CT molecular complexity index is 1200. The highest BCUT2D eigenvalue weighted by atomic mass is 35.5. The van der Waals surface area contributed by atoms with Crippen LogP contribution < -0.4 is 0 Å². The zero-order valence-corrected chi connectivity index (χ0v) is 25.3. The van der Waals surface area contributed by atoms with Crippen molar-refractivity contribution in [2.75, 3.05) is 32.7 Å². The monoisotopic (exact) mass is 585 g/mol. The molecule has 1 aliphatic carbocycles. The number of rotatable bonds is 5. The van der Waals surface area contributed by atoms with E-state index < -0.39 is 0 Å². The van der Waals surface area contributed by atoms with Crippen molar-refractivity contribution in [3.05, 3.63) is 57.6 Å². The number of hydrogen-bond acceptors (Lipinski definition) is 4. The molecular weight excluding hydrogens is 545 g/mol. The molecule has 0 unspecified atom stereocenters. The average Bonchev–Trinajstić information content (AvgIpc) is 3.30. The number of hydrogen-bond donors (Lipinski definition) is 1. The summed E-state index contributed by atoms with van der Waals surface area (Å²) in [6.07, 6.45) is 4.37. The number of aliphatic hydroxyl groups is 1. The van der Waals surface area contributed by atoms with Gasteiger partial charge in [-0.2, -0.15) is 0 Å². The van der Waals surface area contributed by atoms with Crippen molar-refractivity contribution in [1.82, 2.24) is 14.7 Å². The molecule has 5 rings (SSSR count). The van der Waals surface area contributed by atoms with Crippen LogP contribution >= 0.6 is 23.2 Å². The number of piperazine rings is 1. The Hall–Kier alpha value is -2.12. The number of likely N-dealkylation sites (tertiary alicyclic amines) is 1. The van der Waals surface area contributed by atoms with Crippen LogP contribution in [0.5, 0.6) is 0 Å². The first kappa shape index (κ1) is 29.4. The number of benzene rings is 2. The van der Waals surface area contributed by atoms with Gasteiger partial charge in [-0.3, -0.25) is 14.5 Å². The Morgan fingerprint density at radius 3 is 2.05 bits per heavy atom. The maximum atomic E-state index is 13.2. The molecule has 0 spiro atoms. The van der Waals surface area contributed by atoms with Crippen LogP contribution in [0, 0.1) is 5.92 Å². The molecule has 2 heterocycles. The minimum Gasteiger partial charge on any atom is -0.393 e. The lowest BCUT2D eigenvalue weighted by Crippen LogP contribution is -2.54. The van der Waals surface area contributed by atoms with Crippen molar-refractivity contribution >= 4 is 35.0 Å². The number of halogens is 2. The first-order chi connectivity index (χ1) is 19.0. The van der Waals surface area contributed by atoms with E-state index in [4.69, 9.17) is 23.2 Å². The number of nitrogens with zero attached hydrogens (tertiary/aromatic N) is 3. The maximum absolute atomic E-state index is 13.2. The third-order valence-electron chi connectivity index (χ3n) is 9.03. The van der Waals surface area contributed by atoms with Gasteiger partial charge in [0.2, 0.25) is 5.91 Å². The summed E-state index contributed by atoms with van der Waals surface area (Å²) in [6.45, 7) is 10.6. The fraction of sp³-hybridized carbons (Fsp3) is 0.562. The standard InChI is InChI=1S/C32H41Cl2N3O3/c1-32(2,3)36-16-14-35(15-17-36)30(39)22-6-4-21(5-7-22)24-19-28(33)27(29(34)20-24)18-23-12-13-37(31(23)40)25-8-10-26(38)11-9-25/h4-7,19-20,23,25-26,38H,8-18H2,1-3H3/t23-,25-,26+/m0/s1. The third kappa shape index (κ3) is 6.35. The Balaban J connectivity index is 1.22. The lowest BCUT2D eigenvalue weighted by molar-refractivity contribution is -0.133. The van der Waals surface area contributed by atoms with E-state index in [9.17, 15) is 14.7 Å². The summed E-state index contributed by atoms with van der Waals surface area (Å²) in [4.78, 5) is 32.7. The van der Waals surface area contributed by atoms with E-state index in [1.54, 1.807) is 0 Å². The van der Waals surface area contributed by atoms with Crippen LogP contribution in [-0.2, 0) is 11.2 Å². The molecule has 40 heavy (non-hydrogen) atoms. The Kier molecular flexibility index (Phi) is 8.82. The Morgan fingerprint density at radius 2 is 1.48 bits per heavy atom. The summed E-state index contributed by atoms with van der Waals surface area (Å²) in [5, 5.41) is 10.9. The molecule has 2 aliphatic heterocycles. The molecule has 0 radical (unpaired) electrons. The summed E-state index contributed by atoms with van der Waals surface area (Å²) in [5.74, 6) is 0.118. The molecule has 0 aromatic heterocycles. The van der Waals surface area contributed by atoms with Gasteiger partial charge in [0.15, 0.2) is 0 Å². The lowest BCUT2D eigenvalue weighted by atomic mass is 9.92. The van der Waals surface area contributed by atoms with Crippen LogP contribution in [0.15, 0.2) is 36.4 Å². The summed E-state index contributed by atoms with van der Waals surface area (Å²) >= 11 is 13.5. The van der Waals surface area contributed by atoms with Crippen LogP contribution in [0.3, 0.4) is 0 Å². The van der Waals surface area contributed by atoms with Gasteiger partial charge < -0.3 is 14.9 Å². The van der Waals surface area contributed by atoms with Crippen molar-refractivity contribution in [2.24, 2.45) is 5.92 Å². The van der Waals surface area contributed by atoms with Crippen LogP contribution in [0.1, 0.15) is 68.8 Å². The van der Waals surface area contributed by atoms with Crippen LogP contribution in [0.25, 0.3) is 11.1 Å². The van der Waals surface area contributed by atoms with Gasteiger partial charge in [-0.1, -0.05) is 35.3 Å². The maximum Gasteiger partial charge on any atom is 0.253 e. The van der Waals surface area contributed by atoms with Crippen molar-refractivity contribution in [2.45, 2.75) is 77.0 Å². The number of aliphatic hydroxyl groups excluding tert-OH is 1. The highest BCUT2D eigenvalue weighted by Gasteiger charge is 2.37. The molecule has 0 bridgehead atoms. The van der Waals surface area contributed by atoms with Crippen molar-refractivity contribution in [1.29, 1.82) is 0 Å². The highest BCUT2D eigenvalue weighted by molar-refractivity contribution is 6.36. The van der Waals surface area contributed by atoms with E-state index in [1.807, 2.05) is 46.2 Å². The van der Waals surface area contributed by atoms with E-state index in [0.717, 1.165) is 81.5 Å². The third-order valence-corrected chi connectivity index (χ3v) is 9.70. The SMILES string of the molecule is CC(C)(C)N1CCN(C(=O)c2ccc(-c3cc(Cl)c(C[C@@H]4CCN([C@H]5CC[C@@H](O)CC5)C4=O)c(Cl)c3)cc2)CC1. The Labute approximate surface area is 248 Å². The van der Waals surface area contributed by atoms with Crippen molar-refractivity contribution in [3.8, 4) is 11.1 Å². The Morgan fingerprint density at radius 1 is 0.875 bits per heavy atom. The number of carbonyl (C=O) groups is 2. The largest absolute Gasteiger partial charge is 0.393 e. The quantitative estimate of drug-likeness (QED) is 0.473. The summed E-state index contributed by atoms with van der Waals surface area (Å²) in [6, 6.07) is 11.7. The number of carbonyl (C=O) groups excluding carboxylic acids is 2. The molecule has 2 aromatic rings. The van der Waals surface area contributed by atoms with Gasteiger partial charge in [0.05, 0.1) is 6.10 Å². The van der Waals surface area contributed by atoms with Crippen LogP contribution in [0.4, 0.5) is 0 Å². The smallest absolute Gasteiger partial charge is 0.253 e. The first-order valence-electron chi connectivity index (χ1n) is 14.6. The van der Waals surface area contributed by atoms with Gasteiger partial charge in [0.1, 0.15) is 0 Å². The summed E-state index contributed by atoms with van der Waals surface area (Å²) in [5.41, 5.74) is 3.43. The second-order valence-electron chi connectivity index (χ2n) is 12.6. The minimum atomic E-state index is -0.230. The predicted octanol–water partition coefficient (Wildman–Crippen LogP) is 5.91. The van der Waals surface area contributed by atoms with Gasteiger partial charge in [-0.25, -0.2) is 0 Å². The normalized spacial score (nSPS) is 24.6. The molecule has 2 aromatic carbocycles. The average molecular weight is 587 g/mol. The second-order valence-corrected chi connectivity index (χ2v) is 13.4. The second kappa shape index (κ2) is 12.0. The molecule has 8 heteroatoms. The summed E-state index contributed by atoms with van der Waals surface area (Å²) < 4.78 is 0. The van der Waals surface area contributed by atoms with Crippen molar-refractivity contribution in [3.63, 3.8) is 0 Å². The number of amides is 2. The van der Waals surface area contributed by atoms with E-state index in [2.05, 4.69) is 25.7 Å². The molecule has 3 aliphatic rings. The van der Waals surface area contributed by atoms with E-state index in [1.165, 1.54) is 0 Å². The zero-order valence-electron chi connectivity index (χ0n) is 23.8. The molecule has 3 fully saturated rings. The zero-order chi connectivity index (χ0) is 28.6. The van der Waals surface area contributed by atoms with E-state index >= 15 is 0 Å². The first-order valence-corrected chi connectivity index (χ1v) is 15.4. The minimum absolute atomic E-state index is 0.0613. The predicted molar refractivity (Wildman–Crippen MR) is 161 cm³/mol. The molecular formula is C32H41Cl2N3O3. The molecule has 6 nitrogen and oxygen atoms in total. The van der Waals surface area contributed by atoms with Crippen LogP contribution in [0.2, 0.25) is 10.0 Å². The lowest BCUT2D eigenvalue weighted by Gasteiger charge is -2.42. The van der Waals surface area contributed by atoms with Crippen molar-refractivity contribution < 1.29 is 14.7 Å². The van der Waals surface area contributed by atoms with E-state index in [0.29, 0.717) is 22.0 Å². The van der Waals surface area contributed by atoms with Gasteiger partial charge >= 0.3 is 0 Å². The van der Waals surface area contributed by atoms with Gasteiger partial charge in [-0.15, -0.1) is 0 Å². The molecule has 1 atom stereocenters. The molecule has 2 saturated heterocycles. The molecule has 216 valence electrons. The summed E-state index contributed by atoms with van der Waals surface area (Å²) in [7, 11) is 0. The van der Waals surface area contributed by atoms with Gasteiger partial charge in [-0.05, 0) is 100 Å². The fourth-order valence-corrected chi connectivity index (χ4v) is 7.11. The van der Waals surface area contributed by atoms with Gasteiger partial charge in [0, 0.05) is 65.8 Å². The van der Waals surface area contributed by atoms with E-state index in [-0.39, 0.29) is 35.4 Å². The van der Waals surface area contributed by atoms with Gasteiger partial charge in [0.25, 0.3) is 5.91 Å². The topological polar surface area (TPSA) is 64.1 Å². The molecule has 1 saturated carbocycles. The van der Waals surface area contributed by atoms with Crippen LogP contribution in [-0.4, -0.2) is 82.0 Å². The highest BCUT2D eigenvalue weighted by Crippen LogP contribution is 2.37. The fourth-order valence-electron chi connectivity index (χ4n) is 6.46. The molecule has 1 N–H and O–H groups in total.